The van der Waals surface area contributed by atoms with Crippen LogP contribution in [0, 0.1) is 0 Å². The van der Waals surface area contributed by atoms with E-state index >= 15 is 0 Å². The summed E-state index contributed by atoms with van der Waals surface area (Å²) in [6.45, 7) is 4.17. The first-order valence-electron chi connectivity index (χ1n) is 7.53. The van der Waals surface area contributed by atoms with Crippen molar-refractivity contribution in [2.45, 2.75) is 57.3 Å². The van der Waals surface area contributed by atoms with Gasteiger partial charge < -0.3 is 9.84 Å². The van der Waals surface area contributed by atoms with Gasteiger partial charge in [-0.3, -0.25) is 4.79 Å². The van der Waals surface area contributed by atoms with E-state index < -0.39 is 11.4 Å². The summed E-state index contributed by atoms with van der Waals surface area (Å²) in [5.41, 5.74) is 0.921. The first kappa shape index (κ1) is 16.2. The Bertz CT molecular complexity index is 531. The maximum absolute atomic E-state index is 12.0. The molecule has 0 spiro atoms. The average molecular weight is 311 g/mol. The molecule has 0 bridgehead atoms. The highest BCUT2D eigenvalue weighted by Crippen LogP contribution is 2.46. The van der Waals surface area contributed by atoms with Crippen LogP contribution in [0.15, 0.2) is 12.1 Å². The molecule has 0 atom stereocenters. The molecule has 4 heteroatoms. The molecule has 1 aromatic carbocycles. The van der Waals surface area contributed by atoms with Crippen molar-refractivity contribution < 1.29 is 14.6 Å². The van der Waals surface area contributed by atoms with Crippen LogP contribution < -0.4 is 4.74 Å². The largest absolute Gasteiger partial charge is 0.495 e. The highest BCUT2D eigenvalue weighted by atomic mass is 35.5. The molecule has 1 aliphatic rings. The lowest BCUT2D eigenvalue weighted by Crippen LogP contribution is -2.38. The van der Waals surface area contributed by atoms with Crippen LogP contribution in [0.2, 0.25) is 5.02 Å². The van der Waals surface area contributed by atoms with E-state index in [0.717, 1.165) is 30.4 Å². The van der Waals surface area contributed by atoms with E-state index in [2.05, 4.69) is 13.8 Å². The third-order valence-electron chi connectivity index (χ3n) is 4.58. The maximum atomic E-state index is 12.0. The summed E-state index contributed by atoms with van der Waals surface area (Å²) in [7, 11) is 1.57. The van der Waals surface area contributed by atoms with E-state index in [1.807, 2.05) is 12.1 Å². The predicted molar refractivity (Wildman–Crippen MR) is 84.5 cm³/mol. The number of methoxy groups -OCH3 is 1. The lowest BCUT2D eigenvalue weighted by Gasteiger charge is -2.35. The van der Waals surface area contributed by atoms with E-state index in [9.17, 15) is 9.90 Å². The molecule has 0 heterocycles. The van der Waals surface area contributed by atoms with Crippen molar-refractivity contribution in [3.63, 3.8) is 0 Å². The van der Waals surface area contributed by atoms with Crippen LogP contribution in [0.3, 0.4) is 0 Å². The minimum Gasteiger partial charge on any atom is -0.495 e. The molecule has 0 aromatic heterocycles. The second-order valence-electron chi connectivity index (χ2n) is 6.19. The minimum absolute atomic E-state index is 0.296. The van der Waals surface area contributed by atoms with Crippen LogP contribution >= 0.6 is 11.6 Å². The molecule has 3 nitrogen and oxygen atoms in total. The highest BCUT2D eigenvalue weighted by molar-refractivity contribution is 6.33. The monoisotopic (exact) mass is 310 g/mol. The van der Waals surface area contributed by atoms with Gasteiger partial charge >= 0.3 is 5.97 Å². The molecule has 21 heavy (non-hydrogen) atoms. The molecule has 2 rings (SSSR count). The van der Waals surface area contributed by atoms with Crippen LogP contribution in [0.1, 0.15) is 63.0 Å². The van der Waals surface area contributed by atoms with Crippen molar-refractivity contribution in [3.05, 3.63) is 28.3 Å². The van der Waals surface area contributed by atoms with E-state index in [-0.39, 0.29) is 0 Å². The molecule has 0 unspecified atom stereocenters. The summed E-state index contributed by atoms with van der Waals surface area (Å²) in [6, 6.07) is 3.88. The number of ether oxygens (including phenoxy) is 1. The van der Waals surface area contributed by atoms with Crippen LogP contribution in [-0.2, 0) is 10.2 Å². The molecule has 116 valence electrons. The molecule has 0 radical (unpaired) electrons. The SMILES string of the molecule is COc1cc(C(C)C)cc(C2(C(=O)O)CCCCC2)c1Cl. The van der Waals surface area contributed by atoms with E-state index in [0.29, 0.717) is 29.5 Å². The minimum atomic E-state index is -0.868. The molecule has 0 amide bonds. The van der Waals surface area contributed by atoms with Gasteiger partial charge in [-0.15, -0.1) is 0 Å². The summed E-state index contributed by atoms with van der Waals surface area (Å²) in [5, 5.41) is 10.3. The summed E-state index contributed by atoms with van der Waals surface area (Å²) in [6.07, 6.45) is 4.24. The number of hydrogen-bond acceptors (Lipinski definition) is 2. The zero-order valence-corrected chi connectivity index (χ0v) is 13.7. The number of carboxylic acid groups (broad SMARTS) is 1. The Morgan fingerprint density at radius 3 is 2.38 bits per heavy atom. The predicted octanol–water partition coefficient (Wildman–Crippen LogP) is 4.76. The van der Waals surface area contributed by atoms with Gasteiger partial charge in [-0.05, 0) is 36.0 Å². The second kappa shape index (κ2) is 6.27. The van der Waals surface area contributed by atoms with Crippen molar-refractivity contribution in [1.82, 2.24) is 0 Å². The molecule has 0 aliphatic heterocycles. The van der Waals surface area contributed by atoms with Crippen LogP contribution in [-0.4, -0.2) is 18.2 Å². The number of hydrogen-bond donors (Lipinski definition) is 1. The van der Waals surface area contributed by atoms with Crippen molar-refractivity contribution in [2.75, 3.05) is 7.11 Å². The zero-order valence-electron chi connectivity index (χ0n) is 12.9. The number of benzene rings is 1. The van der Waals surface area contributed by atoms with Gasteiger partial charge in [-0.25, -0.2) is 0 Å². The fraction of sp³-hybridized carbons (Fsp3) is 0.588. The van der Waals surface area contributed by atoms with Crippen molar-refractivity contribution in [3.8, 4) is 5.75 Å². The Morgan fingerprint density at radius 2 is 1.90 bits per heavy atom. The van der Waals surface area contributed by atoms with Gasteiger partial charge in [0.25, 0.3) is 0 Å². The van der Waals surface area contributed by atoms with Crippen LogP contribution in [0.5, 0.6) is 5.75 Å². The van der Waals surface area contributed by atoms with Gasteiger partial charge in [-0.1, -0.05) is 50.8 Å². The zero-order chi connectivity index (χ0) is 15.6. The first-order valence-corrected chi connectivity index (χ1v) is 7.91. The smallest absolute Gasteiger partial charge is 0.314 e. The normalized spacial score (nSPS) is 17.8. The number of aliphatic carboxylic acids is 1. The van der Waals surface area contributed by atoms with Gasteiger partial charge in [0.05, 0.1) is 17.5 Å². The van der Waals surface area contributed by atoms with Gasteiger partial charge in [0, 0.05) is 0 Å². The van der Waals surface area contributed by atoms with E-state index in [1.54, 1.807) is 7.11 Å². The number of carboxylic acids is 1. The maximum Gasteiger partial charge on any atom is 0.314 e. The van der Waals surface area contributed by atoms with Crippen LogP contribution in [0.4, 0.5) is 0 Å². The quantitative estimate of drug-likeness (QED) is 0.872. The first-order chi connectivity index (χ1) is 9.92. The number of halogens is 1. The summed E-state index contributed by atoms with van der Waals surface area (Å²) in [4.78, 5) is 12.0. The Hall–Kier alpha value is -1.22. The third-order valence-corrected chi connectivity index (χ3v) is 4.97. The summed E-state index contributed by atoms with van der Waals surface area (Å²) < 4.78 is 5.37. The summed E-state index contributed by atoms with van der Waals surface area (Å²) >= 11 is 6.46. The van der Waals surface area contributed by atoms with Gasteiger partial charge in [-0.2, -0.15) is 0 Å². The molecule has 1 fully saturated rings. The fourth-order valence-corrected chi connectivity index (χ4v) is 3.57. The molecular weight excluding hydrogens is 288 g/mol. The molecule has 1 saturated carbocycles. The lowest BCUT2D eigenvalue weighted by atomic mass is 9.69. The average Bonchev–Trinajstić information content (AvgIpc) is 2.47. The van der Waals surface area contributed by atoms with Crippen molar-refractivity contribution in [2.24, 2.45) is 0 Å². The summed E-state index contributed by atoms with van der Waals surface area (Å²) in [5.74, 6) is 0.0977. The molecular formula is C17H23ClO3. The molecule has 1 aromatic rings. The molecule has 0 saturated heterocycles. The van der Waals surface area contributed by atoms with E-state index in [1.165, 1.54) is 0 Å². The van der Waals surface area contributed by atoms with Crippen molar-refractivity contribution in [1.29, 1.82) is 0 Å². The number of rotatable bonds is 4. The van der Waals surface area contributed by atoms with Gasteiger partial charge in [0.2, 0.25) is 0 Å². The Labute approximate surface area is 131 Å². The third kappa shape index (κ3) is 2.89. The Morgan fingerprint density at radius 1 is 1.29 bits per heavy atom. The number of carbonyl (C=O) groups is 1. The van der Waals surface area contributed by atoms with Crippen LogP contribution in [0.25, 0.3) is 0 Å². The van der Waals surface area contributed by atoms with E-state index in [4.69, 9.17) is 16.3 Å². The standard InChI is InChI=1S/C17H23ClO3/c1-11(2)12-9-13(15(18)14(10-12)21-3)17(16(19)20)7-5-4-6-8-17/h9-11H,4-8H2,1-3H3,(H,19,20). The van der Waals surface area contributed by atoms with Gasteiger partial charge in [0.15, 0.2) is 0 Å². The highest BCUT2D eigenvalue weighted by Gasteiger charge is 2.43. The van der Waals surface area contributed by atoms with Crippen molar-refractivity contribution >= 4 is 17.6 Å². The Kier molecular flexibility index (Phi) is 4.82. The van der Waals surface area contributed by atoms with Gasteiger partial charge in [0.1, 0.15) is 5.75 Å². The lowest BCUT2D eigenvalue weighted by molar-refractivity contribution is -0.145. The fourth-order valence-electron chi connectivity index (χ4n) is 3.20. The second-order valence-corrected chi connectivity index (χ2v) is 6.57. The topological polar surface area (TPSA) is 46.5 Å². The Balaban J connectivity index is 2.64. The molecule has 1 aliphatic carbocycles. The molecule has 1 N–H and O–H groups in total.